The SMILES string of the molecule is CCNC(C)c1c(OC)cccc1N1CCNC(=O)C1C. The minimum Gasteiger partial charge on any atom is -0.496 e. The molecule has 1 aliphatic rings. The zero-order valence-corrected chi connectivity index (χ0v) is 13.3. The van der Waals surface area contributed by atoms with Gasteiger partial charge in [-0.05, 0) is 32.5 Å². The highest BCUT2D eigenvalue weighted by atomic mass is 16.5. The lowest BCUT2D eigenvalue weighted by atomic mass is 10.0. The second-order valence-corrected chi connectivity index (χ2v) is 5.33. The van der Waals surface area contributed by atoms with E-state index in [2.05, 4.69) is 35.4 Å². The third-order valence-electron chi connectivity index (χ3n) is 4.01. The number of hydrogen-bond donors (Lipinski definition) is 2. The van der Waals surface area contributed by atoms with Gasteiger partial charge in [-0.25, -0.2) is 0 Å². The summed E-state index contributed by atoms with van der Waals surface area (Å²) in [6.07, 6.45) is 0. The van der Waals surface area contributed by atoms with Gasteiger partial charge in [0, 0.05) is 30.4 Å². The summed E-state index contributed by atoms with van der Waals surface area (Å²) in [5.41, 5.74) is 2.19. The van der Waals surface area contributed by atoms with Crippen LogP contribution >= 0.6 is 0 Å². The number of amides is 1. The lowest BCUT2D eigenvalue weighted by Crippen LogP contribution is -2.54. The van der Waals surface area contributed by atoms with Crippen molar-refractivity contribution in [3.63, 3.8) is 0 Å². The van der Waals surface area contributed by atoms with Crippen LogP contribution in [-0.2, 0) is 4.79 Å². The maximum Gasteiger partial charge on any atom is 0.242 e. The first-order valence-corrected chi connectivity index (χ1v) is 7.54. The Labute approximate surface area is 126 Å². The number of rotatable bonds is 5. The van der Waals surface area contributed by atoms with Crippen molar-refractivity contribution in [2.45, 2.75) is 32.9 Å². The van der Waals surface area contributed by atoms with Crippen molar-refractivity contribution in [2.75, 3.05) is 31.6 Å². The molecular formula is C16H25N3O2. The maximum atomic E-state index is 11.9. The molecule has 1 aliphatic heterocycles. The first kappa shape index (κ1) is 15.6. The number of carbonyl (C=O) groups excluding carboxylic acids is 1. The quantitative estimate of drug-likeness (QED) is 0.867. The molecule has 5 nitrogen and oxygen atoms in total. The van der Waals surface area contributed by atoms with Crippen LogP contribution in [0.1, 0.15) is 32.4 Å². The molecule has 2 unspecified atom stereocenters. The smallest absolute Gasteiger partial charge is 0.242 e. The Balaban J connectivity index is 2.44. The van der Waals surface area contributed by atoms with Crippen LogP contribution in [0.2, 0.25) is 0 Å². The van der Waals surface area contributed by atoms with E-state index < -0.39 is 0 Å². The van der Waals surface area contributed by atoms with E-state index in [0.29, 0.717) is 6.54 Å². The second-order valence-electron chi connectivity index (χ2n) is 5.33. The Morgan fingerprint density at radius 2 is 2.29 bits per heavy atom. The molecule has 1 amide bonds. The molecule has 0 aromatic heterocycles. The third kappa shape index (κ3) is 3.13. The zero-order valence-electron chi connectivity index (χ0n) is 13.3. The molecule has 0 radical (unpaired) electrons. The number of hydrogen-bond acceptors (Lipinski definition) is 4. The van der Waals surface area contributed by atoms with Gasteiger partial charge < -0.3 is 20.3 Å². The van der Waals surface area contributed by atoms with Crippen molar-refractivity contribution < 1.29 is 9.53 Å². The van der Waals surface area contributed by atoms with Gasteiger partial charge >= 0.3 is 0 Å². The predicted molar refractivity (Wildman–Crippen MR) is 84.9 cm³/mol. The van der Waals surface area contributed by atoms with Crippen LogP contribution in [0.25, 0.3) is 0 Å². The summed E-state index contributed by atoms with van der Waals surface area (Å²) >= 11 is 0. The molecule has 1 fully saturated rings. The first-order chi connectivity index (χ1) is 10.1. The van der Waals surface area contributed by atoms with E-state index >= 15 is 0 Å². The van der Waals surface area contributed by atoms with Gasteiger partial charge in [-0.15, -0.1) is 0 Å². The van der Waals surface area contributed by atoms with Crippen LogP contribution in [0.3, 0.4) is 0 Å². The molecule has 21 heavy (non-hydrogen) atoms. The van der Waals surface area contributed by atoms with E-state index in [1.807, 2.05) is 19.1 Å². The Morgan fingerprint density at radius 3 is 2.95 bits per heavy atom. The minimum atomic E-state index is -0.168. The lowest BCUT2D eigenvalue weighted by molar-refractivity contribution is -0.122. The number of nitrogens with one attached hydrogen (secondary N) is 2. The molecule has 0 bridgehead atoms. The van der Waals surface area contributed by atoms with Crippen LogP contribution < -0.4 is 20.3 Å². The Bertz CT molecular complexity index is 504. The van der Waals surface area contributed by atoms with Crippen LogP contribution in [-0.4, -0.2) is 38.7 Å². The molecule has 5 heteroatoms. The normalized spacial score (nSPS) is 20.1. The molecule has 0 aliphatic carbocycles. The summed E-state index contributed by atoms with van der Waals surface area (Å²) in [4.78, 5) is 14.1. The van der Waals surface area contributed by atoms with E-state index in [1.54, 1.807) is 7.11 Å². The topological polar surface area (TPSA) is 53.6 Å². The van der Waals surface area contributed by atoms with Crippen molar-refractivity contribution in [2.24, 2.45) is 0 Å². The number of anilines is 1. The predicted octanol–water partition coefficient (Wildman–Crippen LogP) is 1.69. The van der Waals surface area contributed by atoms with E-state index in [9.17, 15) is 4.79 Å². The lowest BCUT2D eigenvalue weighted by Gasteiger charge is -2.37. The van der Waals surface area contributed by atoms with Gasteiger partial charge in [0.15, 0.2) is 0 Å². The first-order valence-electron chi connectivity index (χ1n) is 7.54. The molecule has 2 N–H and O–H groups in total. The van der Waals surface area contributed by atoms with Crippen molar-refractivity contribution in [3.05, 3.63) is 23.8 Å². The van der Waals surface area contributed by atoms with Gasteiger partial charge in [0.05, 0.1) is 7.11 Å². The maximum absolute atomic E-state index is 11.9. The number of benzene rings is 1. The van der Waals surface area contributed by atoms with Gasteiger partial charge in [0.1, 0.15) is 11.8 Å². The highest BCUT2D eigenvalue weighted by Crippen LogP contribution is 2.35. The molecule has 1 aromatic rings. The zero-order chi connectivity index (χ0) is 15.4. The van der Waals surface area contributed by atoms with Crippen molar-refractivity contribution in [1.82, 2.24) is 10.6 Å². The molecule has 1 heterocycles. The highest BCUT2D eigenvalue weighted by Gasteiger charge is 2.29. The molecule has 0 saturated carbocycles. The number of nitrogens with zero attached hydrogens (tertiary/aromatic N) is 1. The van der Waals surface area contributed by atoms with Crippen LogP contribution in [0, 0.1) is 0 Å². The molecular weight excluding hydrogens is 266 g/mol. The summed E-state index contributed by atoms with van der Waals surface area (Å²) in [6.45, 7) is 8.52. The van der Waals surface area contributed by atoms with E-state index in [4.69, 9.17) is 4.74 Å². The van der Waals surface area contributed by atoms with Crippen molar-refractivity contribution in [3.8, 4) is 5.75 Å². The fraction of sp³-hybridized carbons (Fsp3) is 0.562. The van der Waals surface area contributed by atoms with Crippen molar-refractivity contribution in [1.29, 1.82) is 0 Å². The second kappa shape index (κ2) is 6.80. The molecule has 2 atom stereocenters. The van der Waals surface area contributed by atoms with Gasteiger partial charge in [0.2, 0.25) is 5.91 Å². The summed E-state index contributed by atoms with van der Waals surface area (Å²) in [7, 11) is 1.69. The van der Waals surface area contributed by atoms with E-state index in [0.717, 1.165) is 30.1 Å². The molecule has 2 rings (SSSR count). The number of ether oxygens (including phenoxy) is 1. The highest BCUT2D eigenvalue weighted by molar-refractivity contribution is 5.86. The third-order valence-corrected chi connectivity index (χ3v) is 4.01. The molecule has 1 saturated heterocycles. The van der Waals surface area contributed by atoms with E-state index in [-0.39, 0.29) is 18.0 Å². The summed E-state index contributed by atoms with van der Waals surface area (Å²) in [5, 5.41) is 6.34. The molecule has 1 aromatic carbocycles. The Kier molecular flexibility index (Phi) is 5.07. The van der Waals surface area contributed by atoms with Crippen LogP contribution in [0.5, 0.6) is 5.75 Å². The standard InChI is InChI=1S/C16H25N3O2/c1-5-17-11(2)15-13(7-6-8-14(15)21-4)19-10-9-18-16(20)12(19)3/h6-8,11-12,17H,5,9-10H2,1-4H3,(H,18,20). The van der Waals surface area contributed by atoms with Gasteiger partial charge in [0.25, 0.3) is 0 Å². The fourth-order valence-electron chi connectivity index (χ4n) is 2.92. The Hall–Kier alpha value is -1.75. The fourth-order valence-corrected chi connectivity index (χ4v) is 2.92. The Morgan fingerprint density at radius 1 is 1.52 bits per heavy atom. The van der Waals surface area contributed by atoms with Crippen molar-refractivity contribution >= 4 is 11.6 Å². The van der Waals surface area contributed by atoms with E-state index in [1.165, 1.54) is 0 Å². The van der Waals surface area contributed by atoms with Gasteiger partial charge in [-0.2, -0.15) is 0 Å². The minimum absolute atomic E-state index is 0.0751. The molecule has 116 valence electrons. The summed E-state index contributed by atoms with van der Waals surface area (Å²) in [6, 6.07) is 6.02. The summed E-state index contributed by atoms with van der Waals surface area (Å²) in [5.74, 6) is 0.935. The number of carbonyl (C=O) groups is 1. The monoisotopic (exact) mass is 291 g/mol. The van der Waals surface area contributed by atoms with Gasteiger partial charge in [-0.3, -0.25) is 4.79 Å². The molecule has 0 spiro atoms. The average molecular weight is 291 g/mol. The van der Waals surface area contributed by atoms with Crippen LogP contribution in [0.4, 0.5) is 5.69 Å². The summed E-state index contributed by atoms with van der Waals surface area (Å²) < 4.78 is 5.54. The van der Waals surface area contributed by atoms with Gasteiger partial charge in [-0.1, -0.05) is 13.0 Å². The number of methoxy groups -OCH3 is 1. The van der Waals surface area contributed by atoms with Crippen LogP contribution in [0.15, 0.2) is 18.2 Å². The average Bonchev–Trinajstić information content (AvgIpc) is 2.49. The number of piperazine rings is 1. The largest absolute Gasteiger partial charge is 0.496 e.